The first-order valence-corrected chi connectivity index (χ1v) is 10.6. The average molecular weight is 424 g/mol. The Labute approximate surface area is 182 Å². The van der Waals surface area contributed by atoms with E-state index in [1.165, 1.54) is 0 Å². The van der Waals surface area contributed by atoms with E-state index in [1.807, 2.05) is 60.7 Å². The van der Waals surface area contributed by atoms with Crippen molar-refractivity contribution in [2.45, 2.75) is 12.8 Å². The van der Waals surface area contributed by atoms with Crippen molar-refractivity contribution in [2.75, 3.05) is 43.4 Å². The number of aryl methyl sites for hydroxylation is 1. The number of halogens is 1. The van der Waals surface area contributed by atoms with Crippen LogP contribution in [0.15, 0.2) is 65.1 Å². The number of hydrogen-bond donors (Lipinski definition) is 1. The zero-order valence-corrected chi connectivity index (χ0v) is 17.9. The highest BCUT2D eigenvalue weighted by atomic mass is 35.5. The van der Waals surface area contributed by atoms with Gasteiger partial charge in [-0.3, -0.25) is 4.79 Å². The second-order valence-corrected chi connectivity index (χ2v) is 8.07. The zero-order chi connectivity index (χ0) is 20.9. The first-order chi connectivity index (χ1) is 14.6. The number of nitrogens with zero attached hydrogens (tertiary/aromatic N) is 2. The number of carbonyl (C=O) groups is 1. The van der Waals surface area contributed by atoms with Crippen LogP contribution in [0.3, 0.4) is 0 Å². The Balaban J connectivity index is 1.38. The van der Waals surface area contributed by atoms with Gasteiger partial charge < -0.3 is 19.5 Å². The summed E-state index contributed by atoms with van der Waals surface area (Å²) >= 11 is 6.20. The van der Waals surface area contributed by atoms with Gasteiger partial charge in [0.15, 0.2) is 0 Å². The molecule has 0 aliphatic carbocycles. The number of amides is 1. The van der Waals surface area contributed by atoms with Gasteiger partial charge in [-0.1, -0.05) is 41.9 Å². The fraction of sp³-hybridized carbons (Fsp3) is 0.292. The van der Waals surface area contributed by atoms with Gasteiger partial charge in [-0.15, -0.1) is 0 Å². The maximum Gasteiger partial charge on any atom is 0.224 e. The lowest BCUT2D eigenvalue weighted by atomic mass is 10.2. The van der Waals surface area contributed by atoms with Gasteiger partial charge >= 0.3 is 0 Å². The lowest BCUT2D eigenvalue weighted by Gasteiger charge is -2.35. The van der Waals surface area contributed by atoms with Crippen molar-refractivity contribution in [2.24, 2.45) is 0 Å². The van der Waals surface area contributed by atoms with Crippen LogP contribution >= 0.6 is 11.6 Å². The SMILES string of the molecule is CN1CCN(c2ccc(Cl)cc2NC(=O)CCc2ccc(-c3ccccc3)o2)CC1. The molecule has 0 bridgehead atoms. The molecule has 1 aliphatic heterocycles. The Morgan fingerprint density at radius 2 is 1.80 bits per heavy atom. The molecule has 0 spiro atoms. The summed E-state index contributed by atoms with van der Waals surface area (Å²) in [5.41, 5.74) is 2.82. The van der Waals surface area contributed by atoms with Gasteiger partial charge in [0.25, 0.3) is 0 Å². The third-order valence-electron chi connectivity index (χ3n) is 5.40. The second-order valence-electron chi connectivity index (χ2n) is 7.63. The lowest BCUT2D eigenvalue weighted by Crippen LogP contribution is -2.44. The Kier molecular flexibility index (Phi) is 6.41. The van der Waals surface area contributed by atoms with Crippen molar-refractivity contribution in [1.29, 1.82) is 0 Å². The highest BCUT2D eigenvalue weighted by Crippen LogP contribution is 2.30. The highest BCUT2D eigenvalue weighted by Gasteiger charge is 2.18. The third-order valence-corrected chi connectivity index (χ3v) is 5.63. The summed E-state index contributed by atoms with van der Waals surface area (Å²) in [5.74, 6) is 1.57. The van der Waals surface area contributed by atoms with E-state index in [2.05, 4.69) is 22.2 Å². The standard InChI is InChI=1S/C24H26ClN3O2/c1-27-13-15-28(16-14-27)22-10-7-19(25)17-21(22)26-24(29)12-9-20-8-11-23(30-20)18-5-3-2-4-6-18/h2-8,10-11,17H,9,12-16H2,1H3,(H,26,29). The van der Waals surface area contributed by atoms with Gasteiger partial charge in [0.1, 0.15) is 11.5 Å². The molecule has 0 radical (unpaired) electrons. The van der Waals surface area contributed by atoms with Crippen LogP contribution < -0.4 is 10.2 Å². The summed E-state index contributed by atoms with van der Waals surface area (Å²) in [6.45, 7) is 3.85. The van der Waals surface area contributed by atoms with Crippen LogP contribution in [0.4, 0.5) is 11.4 Å². The summed E-state index contributed by atoms with van der Waals surface area (Å²) in [7, 11) is 2.12. The van der Waals surface area contributed by atoms with Crippen molar-refractivity contribution >= 4 is 28.9 Å². The highest BCUT2D eigenvalue weighted by molar-refractivity contribution is 6.31. The van der Waals surface area contributed by atoms with Gasteiger partial charge in [-0.25, -0.2) is 0 Å². The molecule has 5 nitrogen and oxygen atoms in total. The van der Waals surface area contributed by atoms with E-state index in [0.717, 1.165) is 54.6 Å². The normalized spacial score (nSPS) is 14.7. The predicted octanol–water partition coefficient (Wildman–Crippen LogP) is 4.92. The number of nitrogens with one attached hydrogen (secondary N) is 1. The molecule has 1 aliphatic rings. The number of anilines is 2. The molecule has 1 saturated heterocycles. The Morgan fingerprint density at radius 3 is 2.57 bits per heavy atom. The minimum absolute atomic E-state index is 0.0506. The van der Waals surface area contributed by atoms with Crippen molar-refractivity contribution in [3.63, 3.8) is 0 Å². The van der Waals surface area contributed by atoms with Crippen molar-refractivity contribution < 1.29 is 9.21 Å². The molecule has 1 N–H and O–H groups in total. The van der Waals surface area contributed by atoms with Gasteiger partial charge in [-0.05, 0) is 37.4 Å². The van der Waals surface area contributed by atoms with Gasteiger partial charge in [0.05, 0.1) is 11.4 Å². The van der Waals surface area contributed by atoms with Crippen molar-refractivity contribution in [3.05, 3.63) is 71.4 Å². The zero-order valence-electron chi connectivity index (χ0n) is 17.1. The molecule has 2 heterocycles. The number of rotatable bonds is 6. The van der Waals surface area contributed by atoms with E-state index in [0.29, 0.717) is 17.9 Å². The minimum atomic E-state index is -0.0506. The molecule has 0 saturated carbocycles. The molecule has 1 amide bonds. The molecular weight excluding hydrogens is 398 g/mol. The second kappa shape index (κ2) is 9.37. The summed E-state index contributed by atoms with van der Waals surface area (Å²) in [6, 6.07) is 19.5. The quantitative estimate of drug-likeness (QED) is 0.611. The van der Waals surface area contributed by atoms with E-state index in [9.17, 15) is 4.79 Å². The molecule has 1 fully saturated rings. The maximum atomic E-state index is 12.6. The minimum Gasteiger partial charge on any atom is -0.461 e. The smallest absolute Gasteiger partial charge is 0.224 e. The van der Waals surface area contributed by atoms with Gasteiger partial charge in [0.2, 0.25) is 5.91 Å². The van der Waals surface area contributed by atoms with E-state index in [-0.39, 0.29) is 5.91 Å². The summed E-state index contributed by atoms with van der Waals surface area (Å²) in [5, 5.41) is 3.66. The first kappa shape index (κ1) is 20.5. The van der Waals surface area contributed by atoms with Crippen LogP contribution in [0.1, 0.15) is 12.2 Å². The Bertz CT molecular complexity index is 995. The third kappa shape index (κ3) is 5.04. The van der Waals surface area contributed by atoms with Gasteiger partial charge in [0, 0.05) is 49.6 Å². The molecule has 2 aromatic carbocycles. The molecular formula is C24H26ClN3O2. The number of likely N-dealkylation sites (N-methyl/N-ethyl adjacent to an activating group) is 1. The van der Waals surface area contributed by atoms with Crippen LogP contribution in [-0.4, -0.2) is 44.0 Å². The number of carbonyl (C=O) groups excluding carboxylic acids is 1. The van der Waals surface area contributed by atoms with Crippen LogP contribution in [-0.2, 0) is 11.2 Å². The summed E-state index contributed by atoms with van der Waals surface area (Å²) < 4.78 is 5.90. The van der Waals surface area contributed by atoms with E-state index >= 15 is 0 Å². The topological polar surface area (TPSA) is 48.7 Å². The fourth-order valence-corrected chi connectivity index (χ4v) is 3.82. The van der Waals surface area contributed by atoms with Crippen LogP contribution in [0, 0.1) is 0 Å². The monoisotopic (exact) mass is 423 g/mol. The van der Waals surface area contributed by atoms with Crippen molar-refractivity contribution in [3.8, 4) is 11.3 Å². The fourth-order valence-electron chi connectivity index (χ4n) is 3.65. The molecule has 6 heteroatoms. The molecule has 156 valence electrons. The Hall–Kier alpha value is -2.76. The molecule has 1 aromatic heterocycles. The number of benzene rings is 2. The number of piperazine rings is 1. The van der Waals surface area contributed by atoms with Crippen LogP contribution in [0.2, 0.25) is 5.02 Å². The lowest BCUT2D eigenvalue weighted by molar-refractivity contribution is -0.116. The molecule has 0 atom stereocenters. The predicted molar refractivity (Wildman–Crippen MR) is 122 cm³/mol. The van der Waals surface area contributed by atoms with E-state index in [1.54, 1.807) is 0 Å². The summed E-state index contributed by atoms with van der Waals surface area (Å²) in [6.07, 6.45) is 0.888. The van der Waals surface area contributed by atoms with Crippen LogP contribution in [0.25, 0.3) is 11.3 Å². The number of hydrogen-bond acceptors (Lipinski definition) is 4. The largest absolute Gasteiger partial charge is 0.461 e. The first-order valence-electron chi connectivity index (χ1n) is 10.3. The molecule has 30 heavy (non-hydrogen) atoms. The van der Waals surface area contributed by atoms with Gasteiger partial charge in [-0.2, -0.15) is 0 Å². The van der Waals surface area contributed by atoms with Crippen LogP contribution in [0.5, 0.6) is 0 Å². The van der Waals surface area contributed by atoms with E-state index in [4.69, 9.17) is 16.0 Å². The van der Waals surface area contributed by atoms with Crippen molar-refractivity contribution in [1.82, 2.24) is 4.90 Å². The number of furan rings is 1. The molecule has 3 aromatic rings. The molecule has 4 rings (SSSR count). The van der Waals surface area contributed by atoms with E-state index < -0.39 is 0 Å². The molecule has 0 unspecified atom stereocenters. The Morgan fingerprint density at radius 1 is 1.03 bits per heavy atom. The summed E-state index contributed by atoms with van der Waals surface area (Å²) in [4.78, 5) is 17.2. The average Bonchev–Trinajstić information content (AvgIpc) is 3.23. The maximum absolute atomic E-state index is 12.6.